The number of hydrogen-bond acceptors (Lipinski definition) is 5. The molecular weight excluding hydrogens is 198 g/mol. The summed E-state index contributed by atoms with van der Waals surface area (Å²) in [6, 6.07) is 0. The first-order chi connectivity index (χ1) is 5.36. The summed E-state index contributed by atoms with van der Waals surface area (Å²) in [6.07, 6.45) is 0. The summed E-state index contributed by atoms with van der Waals surface area (Å²) in [5.74, 6) is 0. The summed E-state index contributed by atoms with van der Waals surface area (Å²) in [4.78, 5) is 0. The molecule has 0 aliphatic rings. The van der Waals surface area contributed by atoms with Gasteiger partial charge in [-0.25, -0.2) is 0 Å². The van der Waals surface area contributed by atoms with Crippen LogP contribution in [0.4, 0.5) is 0 Å². The lowest BCUT2D eigenvalue weighted by atomic mass is 10.7. The molecule has 70 valence electrons. The average molecular weight is 210 g/mol. The van der Waals surface area contributed by atoms with Crippen LogP contribution in [0.25, 0.3) is 0 Å². The van der Waals surface area contributed by atoms with Crippen LogP contribution in [-0.2, 0) is 17.9 Å². The Balaban J connectivity index is 0.00000121. The van der Waals surface area contributed by atoms with E-state index in [9.17, 15) is 0 Å². The van der Waals surface area contributed by atoms with Crippen molar-refractivity contribution >= 4 is 23.7 Å². The number of aromatic nitrogens is 2. The van der Waals surface area contributed by atoms with E-state index in [1.807, 2.05) is 6.92 Å². The van der Waals surface area contributed by atoms with Gasteiger partial charge in [-0.3, -0.25) is 0 Å². The zero-order valence-electron chi connectivity index (χ0n) is 6.82. The zero-order chi connectivity index (χ0) is 8.10. The van der Waals surface area contributed by atoms with Gasteiger partial charge < -0.3 is 10.5 Å². The predicted molar refractivity (Wildman–Crippen MR) is 50.4 cm³/mol. The highest BCUT2D eigenvalue weighted by molar-refractivity contribution is 7.11. The normalized spacial score (nSPS) is 9.50. The Labute approximate surface area is 81.5 Å². The maximum Gasteiger partial charge on any atom is 0.143 e. The molecule has 0 aromatic carbocycles. The van der Waals surface area contributed by atoms with Gasteiger partial charge in [0.1, 0.15) is 16.6 Å². The fourth-order valence-corrected chi connectivity index (χ4v) is 1.28. The Morgan fingerprint density at radius 2 is 2.08 bits per heavy atom. The smallest absolute Gasteiger partial charge is 0.143 e. The fraction of sp³-hybridized carbons (Fsp3) is 0.667. The largest absolute Gasteiger partial charge is 0.374 e. The van der Waals surface area contributed by atoms with Crippen LogP contribution in [0.5, 0.6) is 0 Å². The molecular formula is C6H12ClN3OS. The maximum absolute atomic E-state index is 5.36. The van der Waals surface area contributed by atoms with Crippen molar-refractivity contribution in [1.29, 1.82) is 0 Å². The molecule has 1 aromatic heterocycles. The number of nitrogens with zero attached hydrogens (tertiary/aromatic N) is 2. The number of rotatable bonds is 4. The molecule has 0 radical (unpaired) electrons. The van der Waals surface area contributed by atoms with E-state index in [2.05, 4.69) is 10.2 Å². The highest BCUT2D eigenvalue weighted by atomic mass is 35.5. The molecule has 0 fully saturated rings. The molecule has 0 saturated heterocycles. The monoisotopic (exact) mass is 209 g/mol. The highest BCUT2D eigenvalue weighted by Crippen LogP contribution is 2.09. The minimum atomic E-state index is 0. The molecule has 1 heterocycles. The van der Waals surface area contributed by atoms with E-state index in [-0.39, 0.29) is 12.4 Å². The number of hydrogen-bond donors (Lipinski definition) is 1. The van der Waals surface area contributed by atoms with E-state index in [0.717, 1.165) is 10.0 Å². The predicted octanol–water partition coefficient (Wildman–Crippen LogP) is 0.955. The first-order valence-electron chi connectivity index (χ1n) is 3.46. The first-order valence-corrected chi connectivity index (χ1v) is 4.27. The van der Waals surface area contributed by atoms with Crippen molar-refractivity contribution in [3.05, 3.63) is 10.0 Å². The van der Waals surface area contributed by atoms with Gasteiger partial charge in [-0.05, 0) is 6.92 Å². The third-order valence-electron chi connectivity index (χ3n) is 1.11. The molecule has 6 heteroatoms. The van der Waals surface area contributed by atoms with E-state index < -0.39 is 0 Å². The van der Waals surface area contributed by atoms with E-state index in [1.54, 1.807) is 0 Å². The first kappa shape index (κ1) is 11.8. The summed E-state index contributed by atoms with van der Waals surface area (Å²) in [7, 11) is 0. The van der Waals surface area contributed by atoms with Crippen molar-refractivity contribution in [2.24, 2.45) is 5.73 Å². The molecule has 0 amide bonds. The van der Waals surface area contributed by atoms with Gasteiger partial charge in [0.05, 0.1) is 0 Å². The second kappa shape index (κ2) is 6.30. The van der Waals surface area contributed by atoms with Gasteiger partial charge >= 0.3 is 0 Å². The Hall–Kier alpha value is -0.230. The van der Waals surface area contributed by atoms with E-state index >= 15 is 0 Å². The van der Waals surface area contributed by atoms with Gasteiger partial charge in [-0.15, -0.1) is 22.6 Å². The fourth-order valence-electron chi connectivity index (χ4n) is 0.619. The molecule has 2 N–H and O–H groups in total. The second-order valence-electron chi connectivity index (χ2n) is 1.93. The van der Waals surface area contributed by atoms with Crippen molar-refractivity contribution in [3.8, 4) is 0 Å². The van der Waals surface area contributed by atoms with Crippen LogP contribution in [0.3, 0.4) is 0 Å². The number of ether oxygens (including phenoxy) is 1. The van der Waals surface area contributed by atoms with Crippen molar-refractivity contribution in [3.63, 3.8) is 0 Å². The summed E-state index contributed by atoms with van der Waals surface area (Å²) in [5.41, 5.74) is 5.36. The van der Waals surface area contributed by atoms with Gasteiger partial charge in [0, 0.05) is 13.2 Å². The molecule has 1 rings (SSSR count). The van der Waals surface area contributed by atoms with Gasteiger partial charge in [-0.1, -0.05) is 11.3 Å². The quantitative estimate of drug-likeness (QED) is 0.803. The standard InChI is InChI=1S/C6H11N3OS.ClH/c1-2-10-4-6-9-8-5(3-7)11-6;/h2-4,7H2,1H3;1H. The molecule has 12 heavy (non-hydrogen) atoms. The van der Waals surface area contributed by atoms with Crippen molar-refractivity contribution in [2.75, 3.05) is 6.61 Å². The van der Waals surface area contributed by atoms with Gasteiger partial charge in [0.2, 0.25) is 0 Å². The van der Waals surface area contributed by atoms with Crippen molar-refractivity contribution < 1.29 is 4.74 Å². The van der Waals surface area contributed by atoms with Crippen LogP contribution in [0.1, 0.15) is 16.9 Å². The lowest BCUT2D eigenvalue weighted by molar-refractivity contribution is 0.133. The molecule has 0 saturated carbocycles. The average Bonchev–Trinajstić information content (AvgIpc) is 2.48. The topological polar surface area (TPSA) is 61.0 Å². The van der Waals surface area contributed by atoms with Crippen LogP contribution < -0.4 is 5.73 Å². The Morgan fingerprint density at radius 3 is 2.58 bits per heavy atom. The summed E-state index contributed by atoms with van der Waals surface area (Å²) >= 11 is 1.50. The minimum absolute atomic E-state index is 0. The lowest BCUT2D eigenvalue weighted by Gasteiger charge is -1.92. The second-order valence-corrected chi connectivity index (χ2v) is 3.08. The van der Waals surface area contributed by atoms with Gasteiger partial charge in [-0.2, -0.15) is 0 Å². The minimum Gasteiger partial charge on any atom is -0.374 e. The van der Waals surface area contributed by atoms with Crippen molar-refractivity contribution in [2.45, 2.75) is 20.1 Å². The van der Waals surface area contributed by atoms with E-state index in [1.165, 1.54) is 11.3 Å². The Kier molecular flexibility index (Phi) is 6.18. The Bertz CT molecular complexity index is 218. The number of halogens is 1. The van der Waals surface area contributed by atoms with Gasteiger partial charge in [0.25, 0.3) is 0 Å². The van der Waals surface area contributed by atoms with Gasteiger partial charge in [0.15, 0.2) is 0 Å². The van der Waals surface area contributed by atoms with Crippen molar-refractivity contribution in [1.82, 2.24) is 10.2 Å². The molecule has 0 unspecified atom stereocenters. The highest BCUT2D eigenvalue weighted by Gasteiger charge is 2.00. The molecule has 0 aliphatic carbocycles. The summed E-state index contributed by atoms with van der Waals surface area (Å²) in [6.45, 7) is 3.67. The van der Waals surface area contributed by atoms with Crippen LogP contribution in [0.2, 0.25) is 0 Å². The molecule has 0 spiro atoms. The van der Waals surface area contributed by atoms with Crippen LogP contribution in [0.15, 0.2) is 0 Å². The van der Waals surface area contributed by atoms with Crippen LogP contribution in [-0.4, -0.2) is 16.8 Å². The summed E-state index contributed by atoms with van der Waals surface area (Å²) in [5, 5.41) is 9.50. The molecule has 0 bridgehead atoms. The SMILES string of the molecule is CCOCc1nnc(CN)s1.Cl. The zero-order valence-corrected chi connectivity index (χ0v) is 8.45. The summed E-state index contributed by atoms with van der Waals surface area (Å²) < 4.78 is 5.14. The van der Waals surface area contributed by atoms with Crippen LogP contribution >= 0.6 is 23.7 Å². The maximum atomic E-state index is 5.36. The Morgan fingerprint density at radius 1 is 1.42 bits per heavy atom. The van der Waals surface area contributed by atoms with E-state index in [0.29, 0.717) is 19.8 Å². The lowest BCUT2D eigenvalue weighted by Crippen LogP contribution is -1.94. The number of nitrogens with two attached hydrogens (primary N) is 1. The molecule has 0 atom stereocenters. The molecule has 4 nitrogen and oxygen atoms in total. The van der Waals surface area contributed by atoms with Crippen LogP contribution in [0, 0.1) is 0 Å². The third kappa shape index (κ3) is 3.44. The molecule has 0 aliphatic heterocycles. The molecule has 1 aromatic rings. The van der Waals surface area contributed by atoms with E-state index in [4.69, 9.17) is 10.5 Å². The third-order valence-corrected chi connectivity index (χ3v) is 2.03.